The van der Waals surface area contributed by atoms with Crippen molar-refractivity contribution in [2.45, 2.75) is 31.0 Å². The number of rotatable bonds is 3. The molecule has 1 aromatic carbocycles. The number of nitrogens with one attached hydrogen (secondary N) is 1. The van der Waals surface area contributed by atoms with Gasteiger partial charge in [0.05, 0.1) is 5.56 Å². The number of ether oxygens (including phenoxy) is 1. The topological polar surface area (TPSA) is 21.3 Å². The van der Waals surface area contributed by atoms with Crippen LogP contribution in [-0.2, 0) is 6.18 Å². The van der Waals surface area contributed by atoms with Gasteiger partial charge >= 0.3 is 6.18 Å². The molecule has 0 unspecified atom stereocenters. The molecular formula is C13H14F3NO. The molecule has 0 spiro atoms. The molecule has 1 aliphatic carbocycles. The van der Waals surface area contributed by atoms with Crippen LogP contribution in [0.2, 0.25) is 0 Å². The summed E-state index contributed by atoms with van der Waals surface area (Å²) < 4.78 is 44.2. The normalized spacial score (nSPS) is 20.6. The predicted molar refractivity (Wildman–Crippen MR) is 60.7 cm³/mol. The quantitative estimate of drug-likeness (QED) is 0.899. The Bertz CT molecular complexity index is 450. The van der Waals surface area contributed by atoms with Crippen LogP contribution in [0.4, 0.5) is 13.2 Å². The molecule has 18 heavy (non-hydrogen) atoms. The van der Waals surface area contributed by atoms with Crippen LogP contribution in [0.3, 0.4) is 0 Å². The maximum absolute atomic E-state index is 12.9. The number of hydrogen-bond acceptors (Lipinski definition) is 2. The Labute approximate surface area is 103 Å². The molecule has 0 atom stereocenters. The smallest absolute Gasteiger partial charge is 0.416 e. The van der Waals surface area contributed by atoms with Gasteiger partial charge in [-0.05, 0) is 42.5 Å². The van der Waals surface area contributed by atoms with Crippen LogP contribution in [0, 0.1) is 0 Å². The summed E-state index contributed by atoms with van der Waals surface area (Å²) in [5.74, 6) is 0.612. The SMILES string of the molecule is FC(F)(F)c1ccc(OC2CNC2)cc1C1CC1. The van der Waals surface area contributed by atoms with Gasteiger partial charge in [0.15, 0.2) is 0 Å². The number of alkyl halides is 3. The Morgan fingerprint density at radius 3 is 2.39 bits per heavy atom. The van der Waals surface area contributed by atoms with Crippen LogP contribution >= 0.6 is 0 Å². The summed E-state index contributed by atoms with van der Waals surface area (Å²) in [6.45, 7) is 1.53. The second-order valence-electron chi connectivity index (χ2n) is 4.92. The highest BCUT2D eigenvalue weighted by atomic mass is 19.4. The van der Waals surface area contributed by atoms with Crippen LogP contribution in [-0.4, -0.2) is 19.2 Å². The molecule has 0 aromatic heterocycles. The molecular weight excluding hydrogens is 243 g/mol. The van der Waals surface area contributed by atoms with E-state index >= 15 is 0 Å². The number of hydrogen-bond donors (Lipinski definition) is 1. The van der Waals surface area contributed by atoms with Crippen molar-refractivity contribution in [2.75, 3.05) is 13.1 Å². The number of halogens is 3. The molecule has 1 aromatic rings. The summed E-state index contributed by atoms with van der Waals surface area (Å²) in [6, 6.07) is 4.14. The van der Waals surface area contributed by atoms with E-state index in [2.05, 4.69) is 5.32 Å². The molecule has 1 N–H and O–H groups in total. The third-order valence-corrected chi connectivity index (χ3v) is 3.39. The van der Waals surface area contributed by atoms with Crippen LogP contribution < -0.4 is 10.1 Å². The van der Waals surface area contributed by atoms with Gasteiger partial charge in [-0.1, -0.05) is 0 Å². The fraction of sp³-hybridized carbons (Fsp3) is 0.538. The maximum atomic E-state index is 12.9. The van der Waals surface area contributed by atoms with Crippen LogP contribution in [0.15, 0.2) is 18.2 Å². The molecule has 2 aliphatic rings. The van der Waals surface area contributed by atoms with E-state index in [4.69, 9.17) is 4.74 Å². The van der Waals surface area contributed by atoms with Gasteiger partial charge in [0.1, 0.15) is 11.9 Å². The fourth-order valence-corrected chi connectivity index (χ4v) is 2.14. The van der Waals surface area contributed by atoms with Gasteiger partial charge in [0, 0.05) is 13.1 Å². The third kappa shape index (κ3) is 2.32. The minimum absolute atomic E-state index is 0.0599. The first-order valence-corrected chi connectivity index (χ1v) is 6.12. The molecule has 1 aliphatic heterocycles. The summed E-state index contributed by atoms with van der Waals surface area (Å²) in [7, 11) is 0. The van der Waals surface area contributed by atoms with Crippen molar-refractivity contribution >= 4 is 0 Å². The molecule has 98 valence electrons. The minimum atomic E-state index is -4.27. The second-order valence-corrected chi connectivity index (χ2v) is 4.92. The number of benzene rings is 1. The lowest BCUT2D eigenvalue weighted by atomic mass is 10.0. The Morgan fingerprint density at radius 1 is 1.17 bits per heavy atom. The van der Waals surface area contributed by atoms with Crippen LogP contribution in [0.1, 0.15) is 29.9 Å². The average molecular weight is 257 g/mol. The van der Waals surface area contributed by atoms with Crippen molar-refractivity contribution in [2.24, 2.45) is 0 Å². The van der Waals surface area contributed by atoms with Gasteiger partial charge in [-0.3, -0.25) is 0 Å². The highest BCUT2D eigenvalue weighted by molar-refractivity contribution is 5.41. The largest absolute Gasteiger partial charge is 0.488 e. The highest BCUT2D eigenvalue weighted by Crippen LogP contribution is 2.47. The van der Waals surface area contributed by atoms with E-state index < -0.39 is 11.7 Å². The summed E-state index contributed by atoms with van der Waals surface area (Å²) in [6.07, 6.45) is -2.49. The minimum Gasteiger partial charge on any atom is -0.488 e. The van der Waals surface area contributed by atoms with E-state index in [1.807, 2.05) is 0 Å². The summed E-state index contributed by atoms with van der Waals surface area (Å²) in [5, 5.41) is 3.06. The fourth-order valence-electron chi connectivity index (χ4n) is 2.14. The molecule has 1 saturated carbocycles. The average Bonchev–Trinajstić information content (AvgIpc) is 3.05. The van der Waals surface area contributed by atoms with Gasteiger partial charge < -0.3 is 10.1 Å². The first-order chi connectivity index (χ1) is 8.54. The molecule has 2 nitrogen and oxygen atoms in total. The van der Waals surface area contributed by atoms with Crippen LogP contribution in [0.25, 0.3) is 0 Å². The Balaban J connectivity index is 1.87. The van der Waals surface area contributed by atoms with Crippen molar-refractivity contribution in [3.8, 4) is 5.75 Å². The molecule has 0 amide bonds. The zero-order chi connectivity index (χ0) is 12.8. The van der Waals surface area contributed by atoms with E-state index in [-0.39, 0.29) is 12.0 Å². The molecule has 2 fully saturated rings. The Morgan fingerprint density at radius 2 is 1.89 bits per heavy atom. The molecule has 0 bridgehead atoms. The lowest BCUT2D eigenvalue weighted by molar-refractivity contribution is -0.138. The standard InChI is InChI=1S/C13H14F3NO/c14-13(15,16)12-4-3-9(18-10-6-17-7-10)5-11(12)8-1-2-8/h3-5,8,10,17H,1-2,6-7H2. The van der Waals surface area contributed by atoms with Gasteiger partial charge in [-0.2, -0.15) is 13.2 Å². The first-order valence-electron chi connectivity index (χ1n) is 6.12. The van der Waals surface area contributed by atoms with E-state index in [0.29, 0.717) is 11.3 Å². The van der Waals surface area contributed by atoms with E-state index in [1.54, 1.807) is 6.07 Å². The summed E-state index contributed by atoms with van der Waals surface area (Å²) in [4.78, 5) is 0. The van der Waals surface area contributed by atoms with Crippen molar-refractivity contribution in [3.05, 3.63) is 29.3 Å². The van der Waals surface area contributed by atoms with Crippen molar-refractivity contribution in [1.82, 2.24) is 5.32 Å². The molecule has 0 radical (unpaired) electrons. The van der Waals surface area contributed by atoms with Gasteiger partial charge in [-0.25, -0.2) is 0 Å². The highest BCUT2D eigenvalue weighted by Gasteiger charge is 2.38. The van der Waals surface area contributed by atoms with Crippen LogP contribution in [0.5, 0.6) is 5.75 Å². The lowest BCUT2D eigenvalue weighted by Crippen LogP contribution is -2.50. The summed E-state index contributed by atoms with van der Waals surface area (Å²) in [5.41, 5.74) is -0.114. The monoisotopic (exact) mass is 257 g/mol. The lowest BCUT2D eigenvalue weighted by Gasteiger charge is -2.28. The molecule has 1 saturated heterocycles. The predicted octanol–water partition coefficient (Wildman–Crippen LogP) is 2.93. The second kappa shape index (κ2) is 4.16. The molecule has 5 heteroatoms. The molecule has 3 rings (SSSR count). The van der Waals surface area contributed by atoms with Gasteiger partial charge in [-0.15, -0.1) is 0 Å². The van der Waals surface area contributed by atoms with Gasteiger partial charge in [0.25, 0.3) is 0 Å². The Hall–Kier alpha value is -1.23. The Kier molecular flexibility index (Phi) is 2.73. The zero-order valence-electron chi connectivity index (χ0n) is 9.76. The zero-order valence-corrected chi connectivity index (χ0v) is 9.76. The maximum Gasteiger partial charge on any atom is 0.416 e. The third-order valence-electron chi connectivity index (χ3n) is 3.39. The van der Waals surface area contributed by atoms with Crippen molar-refractivity contribution < 1.29 is 17.9 Å². The van der Waals surface area contributed by atoms with E-state index in [0.717, 1.165) is 32.0 Å². The van der Waals surface area contributed by atoms with E-state index in [9.17, 15) is 13.2 Å². The summed E-state index contributed by atoms with van der Waals surface area (Å²) >= 11 is 0. The van der Waals surface area contributed by atoms with Crippen molar-refractivity contribution in [1.29, 1.82) is 0 Å². The van der Waals surface area contributed by atoms with E-state index in [1.165, 1.54) is 6.07 Å². The first kappa shape index (κ1) is 11.8. The van der Waals surface area contributed by atoms with Crippen molar-refractivity contribution in [3.63, 3.8) is 0 Å². The van der Waals surface area contributed by atoms with Gasteiger partial charge in [0.2, 0.25) is 0 Å². The molecule has 1 heterocycles.